The molecule has 1 amide bonds. The van der Waals surface area contributed by atoms with Crippen molar-refractivity contribution >= 4 is 61.8 Å². The molecule has 0 unspecified atom stereocenters. The molecule has 0 saturated heterocycles. The summed E-state index contributed by atoms with van der Waals surface area (Å²) in [6.07, 6.45) is 1.73. The van der Waals surface area contributed by atoms with Crippen molar-refractivity contribution in [2.45, 2.75) is 11.3 Å². The Kier molecular flexibility index (Phi) is 8.21. The van der Waals surface area contributed by atoms with E-state index in [9.17, 15) is 18.5 Å². The van der Waals surface area contributed by atoms with Gasteiger partial charge in [0.15, 0.2) is 0 Å². The first-order chi connectivity index (χ1) is 17.7. The summed E-state index contributed by atoms with van der Waals surface area (Å²) in [6.45, 7) is 0. The maximum Gasteiger partial charge on any atom is 0.339 e. The summed E-state index contributed by atoms with van der Waals surface area (Å²) < 4.78 is 30.7. The lowest BCUT2D eigenvalue weighted by Crippen LogP contribution is -2.13. The molecular formula is C25H16Cl2N4O4S2. The molecule has 1 aromatic heterocycles. The number of hydrogen-bond donors (Lipinski definition) is 1. The zero-order valence-corrected chi connectivity index (χ0v) is 21.9. The van der Waals surface area contributed by atoms with E-state index in [0.717, 1.165) is 5.56 Å². The minimum atomic E-state index is -4.18. The highest BCUT2D eigenvalue weighted by Gasteiger charge is 2.19. The Morgan fingerprint density at radius 2 is 1.65 bits per heavy atom. The van der Waals surface area contributed by atoms with Gasteiger partial charge in [-0.1, -0.05) is 64.9 Å². The lowest BCUT2D eigenvalue weighted by Gasteiger charge is -2.10. The molecule has 8 nitrogen and oxygen atoms in total. The molecule has 4 aromatic rings. The van der Waals surface area contributed by atoms with Crippen LogP contribution < -0.4 is 9.50 Å². The normalized spacial score (nSPS) is 11.5. The highest BCUT2D eigenvalue weighted by atomic mass is 35.5. The molecule has 0 saturated carbocycles. The highest BCUT2D eigenvalue weighted by molar-refractivity contribution is 7.87. The summed E-state index contributed by atoms with van der Waals surface area (Å²) in [4.78, 5) is 12.7. The number of nitrogens with one attached hydrogen (secondary N) is 1. The fraction of sp³-hybridized carbons (Fsp3) is 0.0400. The van der Waals surface area contributed by atoms with Gasteiger partial charge in [0.1, 0.15) is 27.3 Å². The fourth-order valence-corrected chi connectivity index (χ4v) is 5.04. The number of halogens is 2. The number of hydrogen-bond acceptors (Lipinski definition) is 8. The topological polar surface area (TPSA) is 122 Å². The monoisotopic (exact) mass is 570 g/mol. The molecule has 12 heteroatoms. The Morgan fingerprint density at radius 3 is 2.32 bits per heavy atom. The quantitative estimate of drug-likeness (QED) is 0.162. The molecular weight excluding hydrogens is 555 g/mol. The van der Waals surface area contributed by atoms with Crippen LogP contribution in [-0.2, 0) is 21.3 Å². The van der Waals surface area contributed by atoms with Crippen LogP contribution in [0.5, 0.6) is 5.75 Å². The van der Waals surface area contributed by atoms with Gasteiger partial charge in [-0.05, 0) is 54.1 Å². The smallest absolute Gasteiger partial charge is 0.339 e. The van der Waals surface area contributed by atoms with Crippen LogP contribution in [0.4, 0.5) is 5.13 Å². The van der Waals surface area contributed by atoms with Crippen molar-refractivity contribution in [3.8, 4) is 11.8 Å². The van der Waals surface area contributed by atoms with Crippen LogP contribution in [0.3, 0.4) is 0 Å². The molecule has 0 spiro atoms. The van der Waals surface area contributed by atoms with Gasteiger partial charge in [0.2, 0.25) is 5.13 Å². The van der Waals surface area contributed by atoms with Crippen LogP contribution >= 0.6 is 34.5 Å². The maximum absolute atomic E-state index is 12.8. The number of nitriles is 1. The second-order valence-corrected chi connectivity index (χ2v) is 10.9. The molecule has 37 heavy (non-hydrogen) atoms. The van der Waals surface area contributed by atoms with E-state index in [4.69, 9.17) is 27.4 Å². The number of carbonyl (C=O) groups excluding carboxylic acids is 1. The average molecular weight is 571 g/mol. The van der Waals surface area contributed by atoms with Crippen molar-refractivity contribution in [2.24, 2.45) is 0 Å². The van der Waals surface area contributed by atoms with E-state index in [0.29, 0.717) is 21.5 Å². The fourth-order valence-electron chi connectivity index (χ4n) is 3.06. The molecule has 186 valence electrons. The van der Waals surface area contributed by atoms with E-state index in [2.05, 4.69) is 15.5 Å². The number of carbonyl (C=O) groups is 1. The predicted octanol–water partition coefficient (Wildman–Crippen LogP) is 5.75. The van der Waals surface area contributed by atoms with Crippen LogP contribution in [-0.4, -0.2) is 24.5 Å². The number of aromatic nitrogens is 2. The van der Waals surface area contributed by atoms with Gasteiger partial charge < -0.3 is 4.18 Å². The summed E-state index contributed by atoms with van der Waals surface area (Å²) in [6, 6.07) is 20.7. The molecule has 1 N–H and O–H groups in total. The third-order valence-corrected chi connectivity index (χ3v) is 7.43. The SMILES string of the molecule is N#C/C(=C\c1ccccc1OS(=O)(=O)c1ccc(Cl)cc1)C(=O)Nc1nnc(Cc2ccc(Cl)cc2)s1. The van der Waals surface area contributed by atoms with E-state index in [-0.39, 0.29) is 26.9 Å². The molecule has 3 aromatic carbocycles. The average Bonchev–Trinajstić information content (AvgIpc) is 3.31. The number of nitrogens with zero attached hydrogens (tertiary/aromatic N) is 3. The first-order valence-electron chi connectivity index (χ1n) is 10.5. The van der Waals surface area contributed by atoms with Crippen LogP contribution in [0.2, 0.25) is 10.0 Å². The summed E-state index contributed by atoms with van der Waals surface area (Å²) in [5.41, 5.74) is 0.906. The van der Waals surface area contributed by atoms with Crippen molar-refractivity contribution in [2.75, 3.05) is 5.32 Å². The van der Waals surface area contributed by atoms with Gasteiger partial charge in [0.05, 0.1) is 0 Å². The molecule has 0 radical (unpaired) electrons. The lowest BCUT2D eigenvalue weighted by atomic mass is 10.1. The van der Waals surface area contributed by atoms with Crippen LogP contribution in [0.25, 0.3) is 6.08 Å². The summed E-state index contributed by atoms with van der Waals surface area (Å²) in [5, 5.41) is 22.0. The molecule has 0 bridgehead atoms. The highest BCUT2D eigenvalue weighted by Crippen LogP contribution is 2.26. The van der Waals surface area contributed by atoms with Gasteiger partial charge in [-0.2, -0.15) is 13.7 Å². The Morgan fingerprint density at radius 1 is 1.00 bits per heavy atom. The standard InChI is InChI=1S/C25H16Cl2N4O4S2/c26-19-7-5-16(6-8-19)13-23-30-31-25(36-23)29-24(32)18(15-28)14-17-3-1-2-4-22(17)35-37(33,34)21-11-9-20(27)10-12-21/h1-12,14H,13H2,(H,29,31,32)/b18-14+. The first-order valence-corrected chi connectivity index (χ1v) is 13.5. The van der Waals surface area contributed by atoms with Crippen molar-refractivity contribution in [3.63, 3.8) is 0 Å². The van der Waals surface area contributed by atoms with E-state index in [1.807, 2.05) is 18.2 Å². The van der Waals surface area contributed by atoms with Crippen LogP contribution in [0, 0.1) is 11.3 Å². The predicted molar refractivity (Wildman–Crippen MR) is 142 cm³/mol. The molecule has 0 atom stereocenters. The number of amides is 1. The zero-order chi connectivity index (χ0) is 26.4. The van der Waals surface area contributed by atoms with Crippen molar-refractivity contribution < 1.29 is 17.4 Å². The number of para-hydroxylation sites is 1. The van der Waals surface area contributed by atoms with Gasteiger partial charge in [-0.3, -0.25) is 10.1 Å². The second-order valence-electron chi connectivity index (χ2n) is 7.46. The molecule has 0 fully saturated rings. The number of anilines is 1. The molecule has 4 rings (SSSR count). The van der Waals surface area contributed by atoms with Crippen molar-refractivity contribution in [1.29, 1.82) is 5.26 Å². The van der Waals surface area contributed by atoms with Crippen molar-refractivity contribution in [3.05, 3.63) is 105 Å². The Balaban J connectivity index is 1.50. The number of rotatable bonds is 8. The second kappa shape index (κ2) is 11.5. The third kappa shape index (κ3) is 6.93. The molecule has 1 heterocycles. The molecule has 0 aliphatic rings. The molecule has 0 aliphatic carbocycles. The zero-order valence-electron chi connectivity index (χ0n) is 18.8. The Hall–Kier alpha value is -3.75. The summed E-state index contributed by atoms with van der Waals surface area (Å²) >= 11 is 12.9. The van der Waals surface area contributed by atoms with E-state index in [1.54, 1.807) is 24.3 Å². The van der Waals surface area contributed by atoms with E-state index >= 15 is 0 Å². The van der Waals surface area contributed by atoms with Gasteiger partial charge in [-0.25, -0.2) is 0 Å². The Labute approximate surface area is 226 Å². The molecule has 0 aliphatic heterocycles. The van der Waals surface area contributed by atoms with Gasteiger partial charge in [0, 0.05) is 22.0 Å². The van der Waals surface area contributed by atoms with Gasteiger partial charge in [0.25, 0.3) is 5.91 Å². The van der Waals surface area contributed by atoms with E-state index in [1.165, 1.54) is 53.8 Å². The lowest BCUT2D eigenvalue weighted by molar-refractivity contribution is -0.112. The van der Waals surface area contributed by atoms with Crippen LogP contribution in [0.15, 0.2) is 83.3 Å². The first kappa shape index (κ1) is 26.3. The van der Waals surface area contributed by atoms with E-state index < -0.39 is 16.0 Å². The number of benzene rings is 3. The Bertz CT molecular complexity index is 1610. The maximum atomic E-state index is 12.8. The van der Waals surface area contributed by atoms with Gasteiger partial charge >= 0.3 is 10.1 Å². The summed E-state index contributed by atoms with van der Waals surface area (Å²) in [5.74, 6) is -0.786. The van der Waals surface area contributed by atoms with Crippen molar-refractivity contribution in [1.82, 2.24) is 10.2 Å². The minimum Gasteiger partial charge on any atom is -0.378 e. The largest absolute Gasteiger partial charge is 0.378 e. The third-order valence-electron chi connectivity index (χ3n) is 4.84. The van der Waals surface area contributed by atoms with Crippen LogP contribution in [0.1, 0.15) is 16.1 Å². The summed E-state index contributed by atoms with van der Waals surface area (Å²) in [7, 11) is -4.18. The van der Waals surface area contributed by atoms with Gasteiger partial charge in [-0.15, -0.1) is 10.2 Å². The minimum absolute atomic E-state index is 0.0563.